The first kappa shape index (κ1) is 16.9. The Balaban J connectivity index is 1.84. The average Bonchev–Trinajstić information content (AvgIpc) is 2.91. The van der Waals surface area contributed by atoms with Gasteiger partial charge in [0, 0.05) is 10.4 Å². The molecule has 1 saturated carbocycles. The molecule has 2 unspecified atom stereocenters. The smallest absolute Gasteiger partial charge is 0.0616 e. The highest BCUT2D eigenvalue weighted by Crippen LogP contribution is 2.39. The third kappa shape index (κ3) is 4.48. The number of hydrogen-bond acceptors (Lipinski definition) is 3. The summed E-state index contributed by atoms with van der Waals surface area (Å²) in [7, 11) is 0. The molecule has 1 aliphatic carbocycles. The topological polar surface area (TPSA) is 32.3 Å². The van der Waals surface area contributed by atoms with E-state index in [1.165, 1.54) is 29.7 Å². The summed E-state index contributed by atoms with van der Waals surface area (Å²) in [6.45, 7) is 5.62. The quantitative estimate of drug-likeness (QED) is 0.712. The first-order valence-electron chi connectivity index (χ1n) is 8.25. The van der Waals surface area contributed by atoms with E-state index >= 15 is 0 Å². The minimum absolute atomic E-state index is 0.0101. The van der Waals surface area contributed by atoms with Crippen molar-refractivity contribution in [2.45, 2.75) is 56.4 Å². The zero-order chi connectivity index (χ0) is 15.1. The first-order valence-corrected chi connectivity index (χ1v) is 9.24. The van der Waals surface area contributed by atoms with E-state index in [2.05, 4.69) is 43.4 Å². The predicted molar refractivity (Wildman–Crippen MR) is 92.0 cm³/mol. The molecule has 21 heavy (non-hydrogen) atoms. The fourth-order valence-electron chi connectivity index (χ4n) is 3.39. The normalized spacial score (nSPS) is 25.4. The van der Waals surface area contributed by atoms with Gasteiger partial charge in [0.15, 0.2) is 0 Å². The highest BCUT2D eigenvalue weighted by molar-refractivity contribution is 7.99. The largest absolute Gasteiger partial charge is 0.394 e. The van der Waals surface area contributed by atoms with Gasteiger partial charge in [0.05, 0.1) is 6.61 Å². The van der Waals surface area contributed by atoms with Crippen LogP contribution in [0.5, 0.6) is 0 Å². The van der Waals surface area contributed by atoms with Crippen LogP contribution in [0.4, 0.5) is 0 Å². The van der Waals surface area contributed by atoms with Crippen molar-refractivity contribution in [1.29, 1.82) is 0 Å². The number of aliphatic hydroxyl groups excluding tert-OH is 1. The molecule has 3 heteroatoms. The van der Waals surface area contributed by atoms with Crippen LogP contribution in [0.15, 0.2) is 29.2 Å². The second-order valence-corrected chi connectivity index (χ2v) is 7.45. The summed E-state index contributed by atoms with van der Waals surface area (Å²) in [6, 6.07) is 8.78. The molecular weight excluding hydrogens is 278 g/mol. The molecule has 0 aromatic heterocycles. The van der Waals surface area contributed by atoms with Crippen LogP contribution in [-0.4, -0.2) is 29.5 Å². The second kappa shape index (κ2) is 8.21. The summed E-state index contributed by atoms with van der Waals surface area (Å²) in [4.78, 5) is 1.36. The van der Waals surface area contributed by atoms with Gasteiger partial charge in [-0.3, -0.25) is 0 Å². The second-order valence-electron chi connectivity index (χ2n) is 6.28. The maximum absolute atomic E-state index is 9.89. The molecule has 2 atom stereocenters. The monoisotopic (exact) mass is 307 g/mol. The maximum Gasteiger partial charge on any atom is 0.0616 e. The van der Waals surface area contributed by atoms with Gasteiger partial charge in [0.1, 0.15) is 0 Å². The van der Waals surface area contributed by atoms with Crippen LogP contribution in [0.25, 0.3) is 0 Å². The number of aryl methyl sites for hydroxylation is 1. The number of nitrogens with one attached hydrogen (secondary N) is 1. The molecule has 1 aliphatic rings. The summed E-state index contributed by atoms with van der Waals surface area (Å²) in [5.41, 5.74) is 1.31. The van der Waals surface area contributed by atoms with E-state index in [0.717, 1.165) is 25.1 Å². The Bertz CT molecular complexity index is 420. The van der Waals surface area contributed by atoms with Crippen LogP contribution in [0, 0.1) is 12.8 Å². The summed E-state index contributed by atoms with van der Waals surface area (Å²) in [5, 5.41) is 13.5. The lowest BCUT2D eigenvalue weighted by atomic mass is 9.85. The van der Waals surface area contributed by atoms with Crippen LogP contribution < -0.4 is 5.32 Å². The first-order chi connectivity index (χ1) is 10.2. The van der Waals surface area contributed by atoms with Crippen molar-refractivity contribution in [2.75, 3.05) is 18.9 Å². The number of hydrogen-bond donors (Lipinski definition) is 2. The molecule has 0 bridgehead atoms. The zero-order valence-electron chi connectivity index (χ0n) is 13.4. The number of benzene rings is 1. The lowest BCUT2D eigenvalue weighted by Gasteiger charge is -2.35. The summed E-state index contributed by atoms with van der Waals surface area (Å²) < 4.78 is 0. The molecule has 1 fully saturated rings. The molecule has 1 aromatic rings. The lowest BCUT2D eigenvalue weighted by molar-refractivity contribution is 0.122. The molecule has 118 valence electrons. The third-order valence-corrected chi connectivity index (χ3v) is 5.77. The van der Waals surface area contributed by atoms with Crippen molar-refractivity contribution >= 4 is 11.8 Å². The van der Waals surface area contributed by atoms with Gasteiger partial charge in [-0.15, -0.1) is 11.8 Å². The molecule has 2 nitrogen and oxygen atoms in total. The molecule has 2 N–H and O–H groups in total. The summed E-state index contributed by atoms with van der Waals surface area (Å²) in [5.74, 6) is 1.76. The Morgan fingerprint density at radius 2 is 2.10 bits per heavy atom. The van der Waals surface area contributed by atoms with Crippen molar-refractivity contribution in [2.24, 2.45) is 5.92 Å². The standard InChI is InChI=1S/C18H29NOS/c1-3-12-19-18(14-20)11-4-5-16(18)10-13-21-17-8-6-15(2)7-9-17/h6-9,16,19-20H,3-5,10-14H2,1-2H3. The zero-order valence-corrected chi connectivity index (χ0v) is 14.2. The predicted octanol–water partition coefficient (Wildman–Crippen LogP) is 4.01. The summed E-state index contributed by atoms with van der Waals surface area (Å²) in [6.07, 6.45) is 5.95. The van der Waals surface area contributed by atoms with Crippen molar-refractivity contribution in [3.8, 4) is 0 Å². The van der Waals surface area contributed by atoms with Crippen LogP contribution in [0.1, 0.15) is 44.6 Å². The molecular formula is C18H29NOS. The number of aliphatic hydroxyl groups is 1. The van der Waals surface area contributed by atoms with Crippen molar-refractivity contribution in [3.05, 3.63) is 29.8 Å². The van der Waals surface area contributed by atoms with Crippen LogP contribution in [-0.2, 0) is 0 Å². The average molecular weight is 308 g/mol. The van der Waals surface area contributed by atoms with Gasteiger partial charge in [0.2, 0.25) is 0 Å². The van der Waals surface area contributed by atoms with Gasteiger partial charge in [-0.25, -0.2) is 0 Å². The molecule has 2 rings (SSSR count). The highest BCUT2D eigenvalue weighted by Gasteiger charge is 2.41. The number of thioether (sulfide) groups is 1. The van der Waals surface area contributed by atoms with Gasteiger partial charge < -0.3 is 10.4 Å². The molecule has 1 aromatic carbocycles. The fourth-order valence-corrected chi connectivity index (χ4v) is 4.36. The van der Waals surface area contributed by atoms with Gasteiger partial charge in [-0.2, -0.15) is 0 Å². The Morgan fingerprint density at radius 3 is 2.76 bits per heavy atom. The van der Waals surface area contributed by atoms with E-state index in [4.69, 9.17) is 0 Å². The van der Waals surface area contributed by atoms with E-state index in [9.17, 15) is 5.11 Å². The Kier molecular flexibility index (Phi) is 6.59. The molecule has 0 aliphatic heterocycles. The molecule has 0 heterocycles. The van der Waals surface area contributed by atoms with E-state index in [0.29, 0.717) is 5.92 Å². The SMILES string of the molecule is CCCNC1(CO)CCCC1CCSc1ccc(C)cc1. The van der Waals surface area contributed by atoms with Crippen molar-refractivity contribution < 1.29 is 5.11 Å². The minimum atomic E-state index is -0.0101. The Labute approximate surface area is 133 Å². The van der Waals surface area contributed by atoms with Crippen molar-refractivity contribution in [1.82, 2.24) is 5.32 Å². The highest BCUT2D eigenvalue weighted by atomic mass is 32.2. The van der Waals surface area contributed by atoms with Gasteiger partial charge in [-0.1, -0.05) is 31.0 Å². The number of rotatable bonds is 8. The Morgan fingerprint density at radius 1 is 1.33 bits per heavy atom. The van der Waals surface area contributed by atoms with Crippen LogP contribution in [0.3, 0.4) is 0 Å². The van der Waals surface area contributed by atoms with E-state index < -0.39 is 0 Å². The summed E-state index contributed by atoms with van der Waals surface area (Å²) >= 11 is 1.94. The van der Waals surface area contributed by atoms with Gasteiger partial charge in [-0.05, 0) is 63.0 Å². The van der Waals surface area contributed by atoms with Crippen molar-refractivity contribution in [3.63, 3.8) is 0 Å². The Hall–Kier alpha value is -0.510. The van der Waals surface area contributed by atoms with E-state index in [-0.39, 0.29) is 12.1 Å². The lowest BCUT2D eigenvalue weighted by Crippen LogP contribution is -2.51. The van der Waals surface area contributed by atoms with Crippen LogP contribution in [0.2, 0.25) is 0 Å². The fraction of sp³-hybridized carbons (Fsp3) is 0.667. The van der Waals surface area contributed by atoms with Crippen LogP contribution >= 0.6 is 11.8 Å². The molecule has 0 radical (unpaired) electrons. The molecule has 0 spiro atoms. The molecule has 0 saturated heterocycles. The van der Waals surface area contributed by atoms with Gasteiger partial charge in [0.25, 0.3) is 0 Å². The third-order valence-electron chi connectivity index (χ3n) is 4.72. The minimum Gasteiger partial charge on any atom is -0.394 e. The van der Waals surface area contributed by atoms with E-state index in [1.54, 1.807) is 0 Å². The molecule has 0 amide bonds. The van der Waals surface area contributed by atoms with E-state index in [1.807, 2.05) is 11.8 Å². The van der Waals surface area contributed by atoms with Gasteiger partial charge >= 0.3 is 0 Å². The maximum atomic E-state index is 9.89.